The molecule has 1 amide bonds. The van der Waals surface area contributed by atoms with E-state index in [1.54, 1.807) is 37.3 Å². The van der Waals surface area contributed by atoms with Gasteiger partial charge in [-0.1, -0.05) is 35.9 Å². The summed E-state index contributed by atoms with van der Waals surface area (Å²) >= 11 is 6.08. The summed E-state index contributed by atoms with van der Waals surface area (Å²) in [6, 6.07) is 15.4. The van der Waals surface area contributed by atoms with Crippen molar-refractivity contribution in [3.05, 3.63) is 87.4 Å². The number of halogens is 1. The maximum absolute atomic E-state index is 13.1. The van der Waals surface area contributed by atoms with Crippen LogP contribution in [-0.4, -0.2) is 27.5 Å². The number of sulfonamides is 1. The zero-order valence-electron chi connectivity index (χ0n) is 19.0. The van der Waals surface area contributed by atoms with Gasteiger partial charge in [-0.15, -0.1) is 0 Å². The lowest BCUT2D eigenvalue weighted by Gasteiger charge is -2.14. The molecule has 3 rings (SSSR count). The van der Waals surface area contributed by atoms with E-state index in [2.05, 4.69) is 10.0 Å². The summed E-state index contributed by atoms with van der Waals surface area (Å²) in [4.78, 5) is 12.7. The largest absolute Gasteiger partial charge is 0.492 e. The van der Waals surface area contributed by atoms with E-state index < -0.39 is 10.0 Å². The van der Waals surface area contributed by atoms with Crippen molar-refractivity contribution in [2.24, 2.45) is 0 Å². The van der Waals surface area contributed by atoms with Gasteiger partial charge in [0.05, 0.1) is 17.1 Å². The molecule has 0 radical (unpaired) electrons. The van der Waals surface area contributed by atoms with Gasteiger partial charge in [-0.05, 0) is 80.3 Å². The van der Waals surface area contributed by atoms with Crippen LogP contribution in [-0.2, 0) is 10.0 Å². The first-order chi connectivity index (χ1) is 15.6. The Morgan fingerprint density at radius 2 is 1.67 bits per heavy atom. The molecule has 0 unspecified atom stereocenters. The summed E-state index contributed by atoms with van der Waals surface area (Å²) in [5, 5.41) is 3.36. The number of carbonyl (C=O) groups excluding carboxylic acids is 1. The highest BCUT2D eigenvalue weighted by molar-refractivity contribution is 7.92. The van der Waals surface area contributed by atoms with Crippen LogP contribution in [0.3, 0.4) is 0 Å². The summed E-state index contributed by atoms with van der Waals surface area (Å²) in [5.41, 5.74) is 4.09. The van der Waals surface area contributed by atoms with E-state index >= 15 is 0 Å². The molecule has 174 valence electrons. The number of rotatable bonds is 8. The minimum atomic E-state index is -3.88. The molecule has 3 aromatic rings. The maximum atomic E-state index is 13.1. The van der Waals surface area contributed by atoms with E-state index in [0.29, 0.717) is 22.0 Å². The third kappa shape index (κ3) is 6.06. The van der Waals surface area contributed by atoms with E-state index in [-0.39, 0.29) is 29.5 Å². The van der Waals surface area contributed by atoms with Gasteiger partial charge in [0.15, 0.2) is 0 Å². The Labute approximate surface area is 200 Å². The standard InChI is InChI=1S/C25H27ClN2O4S/c1-16-6-5-7-23(19(16)4)28-33(30,31)24-14-20(10-8-18(24)3)25(29)27-12-13-32-21-11-9-17(2)22(26)15-21/h5-11,14-15,28H,12-13H2,1-4H3,(H,27,29). The molecular formula is C25H27ClN2O4S. The highest BCUT2D eigenvalue weighted by Crippen LogP contribution is 2.25. The Kier molecular flexibility index (Phi) is 7.66. The number of hydrogen-bond acceptors (Lipinski definition) is 4. The summed E-state index contributed by atoms with van der Waals surface area (Å²) < 4.78 is 34.4. The van der Waals surface area contributed by atoms with Crippen molar-refractivity contribution in [3.63, 3.8) is 0 Å². The Morgan fingerprint density at radius 3 is 2.39 bits per heavy atom. The van der Waals surface area contributed by atoms with Crippen molar-refractivity contribution in [1.29, 1.82) is 0 Å². The highest BCUT2D eigenvalue weighted by Gasteiger charge is 2.20. The molecule has 0 aliphatic heterocycles. The monoisotopic (exact) mass is 486 g/mol. The van der Waals surface area contributed by atoms with Crippen LogP contribution in [0, 0.1) is 27.7 Å². The van der Waals surface area contributed by atoms with Gasteiger partial charge in [-0.2, -0.15) is 0 Å². The van der Waals surface area contributed by atoms with Crippen LogP contribution in [0.25, 0.3) is 0 Å². The fourth-order valence-corrected chi connectivity index (χ4v) is 4.76. The molecule has 6 nitrogen and oxygen atoms in total. The number of carbonyl (C=O) groups is 1. The zero-order chi connectivity index (χ0) is 24.2. The average molecular weight is 487 g/mol. The van der Waals surface area contributed by atoms with Crippen LogP contribution in [0.15, 0.2) is 59.5 Å². The number of ether oxygens (including phenoxy) is 1. The molecule has 0 heterocycles. The van der Waals surface area contributed by atoms with Crippen molar-refractivity contribution in [2.45, 2.75) is 32.6 Å². The first-order valence-corrected chi connectivity index (χ1v) is 12.3. The van der Waals surface area contributed by atoms with Gasteiger partial charge in [0.1, 0.15) is 12.4 Å². The van der Waals surface area contributed by atoms with Crippen LogP contribution >= 0.6 is 11.6 Å². The Bertz CT molecular complexity index is 1290. The number of aryl methyl sites for hydroxylation is 3. The predicted molar refractivity (Wildman–Crippen MR) is 132 cm³/mol. The van der Waals surface area contributed by atoms with E-state index in [4.69, 9.17) is 16.3 Å². The van der Waals surface area contributed by atoms with Crippen molar-refractivity contribution in [3.8, 4) is 5.75 Å². The zero-order valence-corrected chi connectivity index (χ0v) is 20.6. The fraction of sp³-hybridized carbons (Fsp3) is 0.240. The summed E-state index contributed by atoms with van der Waals surface area (Å²) in [5.74, 6) is 0.227. The fourth-order valence-electron chi connectivity index (χ4n) is 3.19. The number of amides is 1. The highest BCUT2D eigenvalue weighted by atomic mass is 35.5. The molecule has 3 aromatic carbocycles. The van der Waals surface area contributed by atoms with Crippen LogP contribution in [0.2, 0.25) is 5.02 Å². The van der Waals surface area contributed by atoms with Gasteiger partial charge in [-0.25, -0.2) is 8.42 Å². The average Bonchev–Trinajstić information content (AvgIpc) is 2.76. The van der Waals surface area contributed by atoms with Crippen LogP contribution in [0.5, 0.6) is 5.75 Å². The van der Waals surface area contributed by atoms with Crippen LogP contribution in [0.1, 0.15) is 32.6 Å². The second kappa shape index (κ2) is 10.3. The summed E-state index contributed by atoms with van der Waals surface area (Å²) in [6.45, 7) is 7.87. The van der Waals surface area contributed by atoms with Crippen molar-refractivity contribution in [2.75, 3.05) is 17.9 Å². The predicted octanol–water partition coefficient (Wildman–Crippen LogP) is 5.18. The molecule has 0 saturated carbocycles. The van der Waals surface area contributed by atoms with Gasteiger partial charge >= 0.3 is 0 Å². The van der Waals surface area contributed by atoms with Gasteiger partial charge < -0.3 is 10.1 Å². The minimum Gasteiger partial charge on any atom is -0.492 e. The summed E-state index contributed by atoms with van der Waals surface area (Å²) in [7, 11) is -3.88. The molecule has 2 N–H and O–H groups in total. The molecule has 0 atom stereocenters. The molecular weight excluding hydrogens is 460 g/mol. The van der Waals surface area contributed by atoms with Crippen LogP contribution in [0.4, 0.5) is 5.69 Å². The lowest BCUT2D eigenvalue weighted by Crippen LogP contribution is -2.28. The van der Waals surface area contributed by atoms with Crippen LogP contribution < -0.4 is 14.8 Å². The molecule has 0 bridgehead atoms. The molecule has 8 heteroatoms. The normalized spacial score (nSPS) is 11.2. The Morgan fingerprint density at radius 1 is 0.939 bits per heavy atom. The molecule has 0 saturated heterocycles. The van der Waals surface area contributed by atoms with Gasteiger partial charge in [0.2, 0.25) is 0 Å². The lowest BCUT2D eigenvalue weighted by atomic mass is 10.1. The van der Waals surface area contributed by atoms with E-state index in [9.17, 15) is 13.2 Å². The van der Waals surface area contributed by atoms with E-state index in [1.165, 1.54) is 6.07 Å². The van der Waals surface area contributed by atoms with Gasteiger partial charge in [0, 0.05) is 10.6 Å². The lowest BCUT2D eigenvalue weighted by molar-refractivity contribution is 0.0946. The van der Waals surface area contributed by atoms with E-state index in [0.717, 1.165) is 16.7 Å². The van der Waals surface area contributed by atoms with Crippen molar-refractivity contribution >= 4 is 33.2 Å². The smallest absolute Gasteiger partial charge is 0.262 e. The number of anilines is 1. The van der Waals surface area contributed by atoms with E-state index in [1.807, 2.05) is 39.0 Å². The number of nitrogens with one attached hydrogen (secondary N) is 2. The number of hydrogen-bond donors (Lipinski definition) is 2. The van der Waals surface area contributed by atoms with Crippen molar-refractivity contribution in [1.82, 2.24) is 5.32 Å². The summed E-state index contributed by atoms with van der Waals surface area (Å²) in [6.07, 6.45) is 0. The molecule has 33 heavy (non-hydrogen) atoms. The third-order valence-corrected chi connectivity index (χ3v) is 7.30. The second-order valence-corrected chi connectivity index (χ2v) is 9.91. The third-order valence-electron chi connectivity index (χ3n) is 5.39. The molecule has 0 aliphatic rings. The van der Waals surface area contributed by atoms with Gasteiger partial charge in [0.25, 0.3) is 15.9 Å². The maximum Gasteiger partial charge on any atom is 0.262 e. The van der Waals surface area contributed by atoms with Gasteiger partial charge in [-0.3, -0.25) is 9.52 Å². The molecule has 0 aliphatic carbocycles. The SMILES string of the molecule is Cc1ccc(OCCNC(=O)c2ccc(C)c(S(=O)(=O)Nc3cccc(C)c3C)c2)cc1Cl. The molecule has 0 spiro atoms. The molecule has 0 aromatic heterocycles. The molecule has 0 fully saturated rings. The second-order valence-electron chi connectivity index (χ2n) is 7.85. The quantitative estimate of drug-likeness (QED) is 0.429. The Balaban J connectivity index is 1.67. The van der Waals surface area contributed by atoms with Crippen molar-refractivity contribution < 1.29 is 17.9 Å². The minimum absolute atomic E-state index is 0.0570. The number of benzene rings is 3. The first kappa shape index (κ1) is 24.6. The Hall–Kier alpha value is -3.03. The topological polar surface area (TPSA) is 84.5 Å². The first-order valence-electron chi connectivity index (χ1n) is 10.5.